The first-order valence-electron chi connectivity index (χ1n) is 4.79. The van der Waals surface area contributed by atoms with Crippen LogP contribution in [-0.2, 0) is 0 Å². The standard InChI is InChI=1S/C11H8N2O3/c1-6-4-9(16-13-6)7-2-3-8-10(5-7)15-11(14)12-8/h2-5H,1H3,(H,12,14). The van der Waals surface area contributed by atoms with Gasteiger partial charge >= 0.3 is 5.76 Å². The van der Waals surface area contributed by atoms with E-state index in [1.807, 2.05) is 19.1 Å². The maximum absolute atomic E-state index is 11.0. The van der Waals surface area contributed by atoms with E-state index in [4.69, 9.17) is 8.94 Å². The molecule has 0 saturated heterocycles. The summed E-state index contributed by atoms with van der Waals surface area (Å²) in [5, 5.41) is 3.80. The van der Waals surface area contributed by atoms with E-state index in [9.17, 15) is 4.79 Å². The lowest BCUT2D eigenvalue weighted by Gasteiger charge is -1.93. The van der Waals surface area contributed by atoms with Gasteiger partial charge in [0.25, 0.3) is 0 Å². The lowest BCUT2D eigenvalue weighted by Crippen LogP contribution is -1.92. The van der Waals surface area contributed by atoms with Crippen molar-refractivity contribution in [2.24, 2.45) is 0 Å². The van der Waals surface area contributed by atoms with Gasteiger partial charge in [-0.25, -0.2) is 4.79 Å². The molecule has 0 spiro atoms. The van der Waals surface area contributed by atoms with Crippen molar-refractivity contribution in [1.29, 1.82) is 0 Å². The molecule has 16 heavy (non-hydrogen) atoms. The van der Waals surface area contributed by atoms with Crippen LogP contribution in [0.1, 0.15) is 5.69 Å². The van der Waals surface area contributed by atoms with Crippen molar-refractivity contribution in [3.05, 3.63) is 40.5 Å². The number of nitrogens with one attached hydrogen (secondary N) is 1. The predicted molar refractivity (Wildman–Crippen MR) is 57.1 cm³/mol. The van der Waals surface area contributed by atoms with Gasteiger partial charge in [-0.15, -0.1) is 0 Å². The second kappa shape index (κ2) is 3.10. The molecule has 1 N–H and O–H groups in total. The molecule has 5 nitrogen and oxygen atoms in total. The Bertz CT molecular complexity index is 705. The number of aromatic amines is 1. The summed E-state index contributed by atoms with van der Waals surface area (Å²) < 4.78 is 10.1. The average Bonchev–Trinajstić information content (AvgIpc) is 2.81. The van der Waals surface area contributed by atoms with Crippen LogP contribution >= 0.6 is 0 Å². The number of nitrogens with zero attached hydrogens (tertiary/aromatic N) is 1. The lowest BCUT2D eigenvalue weighted by atomic mass is 10.1. The van der Waals surface area contributed by atoms with Gasteiger partial charge in [0.1, 0.15) is 0 Å². The summed E-state index contributed by atoms with van der Waals surface area (Å²) in [4.78, 5) is 13.6. The van der Waals surface area contributed by atoms with Crippen molar-refractivity contribution in [3.63, 3.8) is 0 Å². The number of aromatic nitrogens is 2. The molecule has 0 saturated carbocycles. The van der Waals surface area contributed by atoms with Gasteiger partial charge in [-0.3, -0.25) is 4.98 Å². The SMILES string of the molecule is Cc1cc(-c2ccc3[nH]c(=O)oc3c2)on1. The molecule has 0 amide bonds. The van der Waals surface area contributed by atoms with Crippen LogP contribution in [0.25, 0.3) is 22.4 Å². The number of aryl methyl sites for hydroxylation is 1. The van der Waals surface area contributed by atoms with Gasteiger partial charge in [-0.2, -0.15) is 0 Å². The highest BCUT2D eigenvalue weighted by molar-refractivity contribution is 5.78. The van der Waals surface area contributed by atoms with Gasteiger partial charge in [0.05, 0.1) is 11.2 Å². The third-order valence-electron chi connectivity index (χ3n) is 2.33. The van der Waals surface area contributed by atoms with E-state index < -0.39 is 5.76 Å². The van der Waals surface area contributed by atoms with Crippen LogP contribution in [0.4, 0.5) is 0 Å². The third kappa shape index (κ3) is 1.33. The minimum absolute atomic E-state index is 0.457. The number of hydrogen-bond acceptors (Lipinski definition) is 4. The Morgan fingerprint density at radius 3 is 2.94 bits per heavy atom. The number of oxazole rings is 1. The van der Waals surface area contributed by atoms with Crippen molar-refractivity contribution in [3.8, 4) is 11.3 Å². The van der Waals surface area contributed by atoms with Crippen LogP contribution in [0.5, 0.6) is 0 Å². The highest BCUT2D eigenvalue weighted by atomic mass is 16.5. The fourth-order valence-electron chi connectivity index (χ4n) is 1.60. The smallest absolute Gasteiger partial charge is 0.408 e. The topological polar surface area (TPSA) is 72.0 Å². The van der Waals surface area contributed by atoms with E-state index >= 15 is 0 Å². The molecule has 0 aliphatic rings. The maximum Gasteiger partial charge on any atom is 0.417 e. The second-order valence-electron chi connectivity index (χ2n) is 3.56. The molecular formula is C11H8N2O3. The summed E-state index contributed by atoms with van der Waals surface area (Å²) in [6, 6.07) is 7.18. The monoisotopic (exact) mass is 216 g/mol. The first-order chi connectivity index (χ1) is 7.72. The molecule has 2 heterocycles. The number of rotatable bonds is 1. The molecule has 2 aromatic heterocycles. The summed E-state index contributed by atoms with van der Waals surface area (Å²) >= 11 is 0. The number of H-pyrrole nitrogens is 1. The van der Waals surface area contributed by atoms with E-state index in [0.717, 1.165) is 11.3 Å². The number of benzene rings is 1. The van der Waals surface area contributed by atoms with Crippen molar-refractivity contribution in [2.75, 3.05) is 0 Å². The quantitative estimate of drug-likeness (QED) is 0.675. The Hall–Kier alpha value is -2.30. The molecule has 0 aliphatic carbocycles. The van der Waals surface area contributed by atoms with Crippen molar-refractivity contribution in [1.82, 2.24) is 10.1 Å². The number of hydrogen-bond donors (Lipinski definition) is 1. The van der Waals surface area contributed by atoms with E-state index in [1.54, 1.807) is 12.1 Å². The van der Waals surface area contributed by atoms with Crippen LogP contribution in [0.2, 0.25) is 0 Å². The van der Waals surface area contributed by atoms with Gasteiger partial charge < -0.3 is 8.94 Å². The van der Waals surface area contributed by atoms with Gasteiger partial charge in [0, 0.05) is 11.6 Å². The molecule has 3 rings (SSSR count). The van der Waals surface area contributed by atoms with Gasteiger partial charge in [-0.1, -0.05) is 5.16 Å². The van der Waals surface area contributed by atoms with Crippen molar-refractivity contribution in [2.45, 2.75) is 6.92 Å². The summed E-state index contributed by atoms with van der Waals surface area (Å²) in [5.74, 6) is 0.198. The van der Waals surface area contributed by atoms with Crippen LogP contribution in [0, 0.1) is 6.92 Å². The predicted octanol–water partition coefficient (Wildman–Crippen LogP) is 2.08. The van der Waals surface area contributed by atoms with Crippen LogP contribution in [0.15, 0.2) is 38.0 Å². The molecule has 80 valence electrons. The van der Waals surface area contributed by atoms with E-state index in [1.165, 1.54) is 0 Å². The van der Waals surface area contributed by atoms with E-state index in [-0.39, 0.29) is 0 Å². The third-order valence-corrected chi connectivity index (χ3v) is 2.33. The van der Waals surface area contributed by atoms with Gasteiger partial charge in [0.2, 0.25) is 0 Å². The molecule has 1 aromatic carbocycles. The molecule has 0 atom stereocenters. The summed E-state index contributed by atoms with van der Waals surface area (Å²) in [6.07, 6.45) is 0. The Kier molecular flexibility index (Phi) is 1.73. The average molecular weight is 216 g/mol. The zero-order valence-electron chi connectivity index (χ0n) is 8.48. The highest BCUT2D eigenvalue weighted by Crippen LogP contribution is 2.23. The minimum atomic E-state index is -0.457. The van der Waals surface area contributed by atoms with Gasteiger partial charge in [-0.05, 0) is 25.1 Å². The molecule has 3 aromatic rings. The van der Waals surface area contributed by atoms with Crippen LogP contribution in [0.3, 0.4) is 0 Å². The first kappa shape index (κ1) is 8.96. The van der Waals surface area contributed by atoms with Crippen molar-refractivity contribution < 1.29 is 8.94 Å². The first-order valence-corrected chi connectivity index (χ1v) is 4.79. The Morgan fingerprint density at radius 1 is 1.31 bits per heavy atom. The molecule has 0 radical (unpaired) electrons. The maximum atomic E-state index is 11.0. The normalized spacial score (nSPS) is 11.1. The Labute approximate surface area is 89.7 Å². The molecule has 5 heteroatoms. The molecule has 0 aliphatic heterocycles. The lowest BCUT2D eigenvalue weighted by molar-refractivity contribution is 0.427. The zero-order chi connectivity index (χ0) is 11.1. The Morgan fingerprint density at radius 2 is 2.19 bits per heavy atom. The van der Waals surface area contributed by atoms with E-state index in [0.29, 0.717) is 16.9 Å². The molecule has 0 fully saturated rings. The summed E-state index contributed by atoms with van der Waals surface area (Å²) in [5.41, 5.74) is 2.82. The summed E-state index contributed by atoms with van der Waals surface area (Å²) in [6.45, 7) is 1.85. The summed E-state index contributed by atoms with van der Waals surface area (Å²) in [7, 11) is 0. The molecule has 0 unspecified atom stereocenters. The van der Waals surface area contributed by atoms with Crippen LogP contribution < -0.4 is 5.76 Å². The zero-order valence-corrected chi connectivity index (χ0v) is 8.48. The largest absolute Gasteiger partial charge is 0.417 e. The van der Waals surface area contributed by atoms with Crippen molar-refractivity contribution >= 4 is 11.1 Å². The molecule has 0 bridgehead atoms. The highest BCUT2D eigenvalue weighted by Gasteiger charge is 2.07. The minimum Gasteiger partial charge on any atom is -0.408 e. The Balaban J connectivity index is 2.21. The fourth-order valence-corrected chi connectivity index (χ4v) is 1.60. The number of fused-ring (bicyclic) bond motifs is 1. The fraction of sp³-hybridized carbons (Fsp3) is 0.0909. The molecular weight excluding hydrogens is 208 g/mol. The second-order valence-corrected chi connectivity index (χ2v) is 3.56. The van der Waals surface area contributed by atoms with E-state index in [2.05, 4.69) is 10.1 Å². The van der Waals surface area contributed by atoms with Crippen LogP contribution in [-0.4, -0.2) is 10.1 Å². The van der Waals surface area contributed by atoms with Gasteiger partial charge in [0.15, 0.2) is 11.3 Å².